The summed E-state index contributed by atoms with van der Waals surface area (Å²) in [4.78, 5) is 83.5. The Kier molecular flexibility index (Phi) is 15.4. The van der Waals surface area contributed by atoms with Gasteiger partial charge in [0.1, 0.15) is 30.2 Å². The summed E-state index contributed by atoms with van der Waals surface area (Å²) >= 11 is 0. The van der Waals surface area contributed by atoms with E-state index in [0.717, 1.165) is 10.9 Å². The third kappa shape index (κ3) is 12.4. The quantitative estimate of drug-likeness (QED) is 0.0409. The summed E-state index contributed by atoms with van der Waals surface area (Å²) in [6.07, 6.45) is 2.02. The third-order valence-corrected chi connectivity index (χ3v) is 7.52. The van der Waals surface area contributed by atoms with Crippen LogP contribution >= 0.6 is 0 Å². The Morgan fingerprint density at radius 1 is 0.816 bits per heavy atom. The summed E-state index contributed by atoms with van der Waals surface area (Å²) in [6.45, 7) is 5.35. The van der Waals surface area contributed by atoms with Crippen LogP contribution in [0.4, 0.5) is 0 Å². The highest BCUT2D eigenvalue weighted by molar-refractivity contribution is 5.96. The molecule has 0 radical (unpaired) electrons. The van der Waals surface area contributed by atoms with Gasteiger partial charge in [-0.1, -0.05) is 32.0 Å². The molecule has 5 amide bonds. The molecule has 1 aromatic carbocycles. The van der Waals surface area contributed by atoms with Gasteiger partial charge >= 0.3 is 5.97 Å². The zero-order valence-corrected chi connectivity index (χ0v) is 28.0. The minimum absolute atomic E-state index is 0.0228. The molecule has 1 heterocycles. The van der Waals surface area contributed by atoms with Crippen LogP contribution in [-0.2, 0) is 35.2 Å². The van der Waals surface area contributed by atoms with Crippen LogP contribution in [-0.4, -0.2) is 106 Å². The van der Waals surface area contributed by atoms with Gasteiger partial charge in [-0.25, -0.2) is 4.79 Å². The van der Waals surface area contributed by atoms with Crippen molar-refractivity contribution in [1.29, 1.82) is 0 Å². The average Bonchev–Trinajstić information content (AvgIpc) is 3.45. The Bertz CT molecular complexity index is 1500. The molecule has 0 aliphatic heterocycles. The Labute approximate surface area is 283 Å². The van der Waals surface area contributed by atoms with Crippen LogP contribution in [0.15, 0.2) is 35.5 Å². The highest BCUT2D eigenvalue weighted by Gasteiger charge is 2.33. The number of para-hydroxylation sites is 1. The number of H-pyrrole nitrogens is 1. The van der Waals surface area contributed by atoms with Gasteiger partial charge in [-0.2, -0.15) is 0 Å². The standard InChI is InChI=1S/C31H48N10O8/c1-15(2)24(29(47)37-17(4)26(44)38-21(30(48)49)10-7-11-35-31(33)34)41-28(46)23(14-42)40-27(45)22(39-25(43)16(3)32)12-18-13-36-20-9-6-5-8-19(18)20/h5-6,8-9,13,15-17,21-24,36,42H,7,10-12,14,32H2,1-4H3,(H,37,47)(H,38,44)(H,39,43)(H,40,45)(H,41,46)(H,48,49)(H4,33,34,35)/t16-,17-,21-,22-,23-,24-/m0/s1. The monoisotopic (exact) mass is 688 g/mol. The van der Waals surface area contributed by atoms with Gasteiger partial charge in [-0.3, -0.25) is 29.0 Å². The smallest absolute Gasteiger partial charge is 0.326 e. The Balaban J connectivity index is 2.10. The lowest BCUT2D eigenvalue weighted by Gasteiger charge is -2.27. The number of aliphatic carboxylic acids is 1. The number of amides is 5. The van der Waals surface area contributed by atoms with E-state index in [0.29, 0.717) is 5.56 Å². The second-order valence-corrected chi connectivity index (χ2v) is 12.0. The molecule has 6 atom stereocenters. The zero-order chi connectivity index (χ0) is 36.8. The van der Waals surface area contributed by atoms with Crippen LogP contribution in [0.3, 0.4) is 0 Å². The maximum Gasteiger partial charge on any atom is 0.326 e. The first kappa shape index (κ1) is 39.9. The minimum Gasteiger partial charge on any atom is -0.480 e. The van der Waals surface area contributed by atoms with Crippen molar-refractivity contribution >= 4 is 52.4 Å². The van der Waals surface area contributed by atoms with Crippen molar-refractivity contribution in [2.24, 2.45) is 28.1 Å². The number of aliphatic hydroxyl groups excluding tert-OH is 1. The Morgan fingerprint density at radius 3 is 2.02 bits per heavy atom. The number of aromatic nitrogens is 1. The fourth-order valence-corrected chi connectivity index (χ4v) is 4.71. The first-order chi connectivity index (χ1) is 23.0. The summed E-state index contributed by atoms with van der Waals surface area (Å²) in [5.41, 5.74) is 17.7. The molecule has 0 fully saturated rings. The van der Waals surface area contributed by atoms with Crippen molar-refractivity contribution in [3.05, 3.63) is 36.0 Å². The number of carboxylic acid groups (broad SMARTS) is 1. The molecule has 2 aromatic rings. The highest BCUT2D eigenvalue weighted by Crippen LogP contribution is 2.19. The number of hydrogen-bond donors (Lipinski definition) is 11. The SMILES string of the molecule is CC(C)[C@H](NC(=O)[C@H](CO)NC(=O)[C@H](Cc1c[nH]c2ccccc12)NC(=O)[C@H](C)N)C(=O)N[C@@H](C)C(=O)N[C@@H](CCCN=C(N)N)C(=O)O. The van der Waals surface area contributed by atoms with Gasteiger partial charge < -0.3 is 59.0 Å². The van der Waals surface area contributed by atoms with Crippen molar-refractivity contribution in [2.75, 3.05) is 13.2 Å². The largest absolute Gasteiger partial charge is 0.480 e. The van der Waals surface area contributed by atoms with Crippen LogP contribution < -0.4 is 43.8 Å². The molecule has 1 aromatic heterocycles. The number of rotatable bonds is 19. The van der Waals surface area contributed by atoms with Crippen molar-refractivity contribution in [2.45, 2.75) is 83.2 Å². The predicted molar refractivity (Wildman–Crippen MR) is 180 cm³/mol. The highest BCUT2D eigenvalue weighted by atomic mass is 16.4. The number of aliphatic hydroxyl groups is 1. The number of nitrogens with two attached hydrogens (primary N) is 3. The summed E-state index contributed by atoms with van der Waals surface area (Å²) in [5.74, 6) is -5.81. The zero-order valence-electron chi connectivity index (χ0n) is 28.0. The number of carboxylic acids is 1. The molecule has 2 rings (SSSR count). The number of nitrogens with zero attached hydrogens (tertiary/aromatic N) is 1. The molecule has 49 heavy (non-hydrogen) atoms. The number of hydrogen-bond acceptors (Lipinski definition) is 9. The number of guanidine groups is 1. The molecule has 0 spiro atoms. The maximum atomic E-state index is 13.4. The number of aliphatic imine (C=N–C) groups is 1. The van der Waals surface area contributed by atoms with Gasteiger partial charge in [0, 0.05) is 30.1 Å². The van der Waals surface area contributed by atoms with E-state index >= 15 is 0 Å². The fraction of sp³-hybridized carbons (Fsp3) is 0.516. The van der Waals surface area contributed by atoms with E-state index in [1.165, 1.54) is 13.8 Å². The lowest BCUT2D eigenvalue weighted by atomic mass is 10.0. The van der Waals surface area contributed by atoms with Crippen LogP contribution in [0.2, 0.25) is 0 Å². The normalized spacial score (nSPS) is 14.8. The topological polar surface area (TPSA) is 309 Å². The van der Waals surface area contributed by atoms with Crippen molar-refractivity contribution in [3.63, 3.8) is 0 Å². The van der Waals surface area contributed by atoms with Gasteiger partial charge in [0.05, 0.1) is 12.6 Å². The molecule has 0 saturated heterocycles. The minimum atomic E-state index is -1.52. The maximum absolute atomic E-state index is 13.4. The summed E-state index contributed by atoms with van der Waals surface area (Å²) in [7, 11) is 0. The summed E-state index contributed by atoms with van der Waals surface area (Å²) in [5, 5.41) is 32.6. The molecule has 0 saturated carbocycles. The molecular formula is C31H48N10O8. The van der Waals surface area contributed by atoms with E-state index in [4.69, 9.17) is 17.2 Å². The lowest BCUT2D eigenvalue weighted by Crippen LogP contribution is -2.60. The number of carbonyl (C=O) groups is 6. The lowest BCUT2D eigenvalue weighted by molar-refractivity contribution is -0.142. The number of nitrogens with one attached hydrogen (secondary N) is 6. The van der Waals surface area contributed by atoms with E-state index in [1.54, 1.807) is 20.0 Å². The van der Waals surface area contributed by atoms with E-state index in [2.05, 4.69) is 36.6 Å². The van der Waals surface area contributed by atoms with Crippen molar-refractivity contribution < 1.29 is 39.0 Å². The van der Waals surface area contributed by atoms with Crippen LogP contribution in [0.25, 0.3) is 10.9 Å². The average molecular weight is 689 g/mol. The van der Waals surface area contributed by atoms with Crippen LogP contribution in [0.1, 0.15) is 46.1 Å². The molecule has 0 aliphatic carbocycles. The van der Waals surface area contributed by atoms with Gasteiger partial charge in [-0.15, -0.1) is 0 Å². The first-order valence-electron chi connectivity index (χ1n) is 15.8. The van der Waals surface area contributed by atoms with Gasteiger partial charge in [-0.05, 0) is 44.2 Å². The number of fused-ring (bicyclic) bond motifs is 1. The van der Waals surface area contributed by atoms with Crippen molar-refractivity contribution in [3.8, 4) is 0 Å². The second-order valence-electron chi connectivity index (χ2n) is 12.0. The van der Waals surface area contributed by atoms with Crippen molar-refractivity contribution in [1.82, 2.24) is 31.6 Å². The molecule has 18 heteroatoms. The molecule has 0 unspecified atom stereocenters. The van der Waals surface area contributed by atoms with Crippen LogP contribution in [0, 0.1) is 5.92 Å². The van der Waals surface area contributed by atoms with Gasteiger partial charge in [0.15, 0.2) is 5.96 Å². The molecule has 0 bridgehead atoms. The fourth-order valence-electron chi connectivity index (χ4n) is 4.71. The summed E-state index contributed by atoms with van der Waals surface area (Å²) < 4.78 is 0. The second kappa shape index (κ2) is 18.9. The molecule has 18 nitrogen and oxygen atoms in total. The number of benzene rings is 1. The van der Waals surface area contributed by atoms with Gasteiger partial charge in [0.2, 0.25) is 29.5 Å². The first-order valence-corrected chi connectivity index (χ1v) is 15.8. The van der Waals surface area contributed by atoms with E-state index in [-0.39, 0.29) is 31.8 Å². The summed E-state index contributed by atoms with van der Waals surface area (Å²) in [6, 6.07) is 0.0362. The molecular weight excluding hydrogens is 640 g/mol. The predicted octanol–water partition coefficient (Wildman–Crippen LogP) is -2.71. The van der Waals surface area contributed by atoms with E-state index < -0.39 is 84.3 Å². The molecule has 0 aliphatic rings. The third-order valence-electron chi connectivity index (χ3n) is 7.52. The molecule has 270 valence electrons. The number of carbonyl (C=O) groups excluding carboxylic acids is 5. The molecule has 14 N–H and O–H groups in total. The Morgan fingerprint density at radius 2 is 1.43 bits per heavy atom. The van der Waals surface area contributed by atoms with E-state index in [1.807, 2.05) is 24.3 Å². The Hall–Kier alpha value is -5.23. The van der Waals surface area contributed by atoms with Gasteiger partial charge in [0.25, 0.3) is 0 Å². The number of aromatic amines is 1. The van der Waals surface area contributed by atoms with E-state index in [9.17, 15) is 39.0 Å². The van der Waals surface area contributed by atoms with Crippen LogP contribution in [0.5, 0.6) is 0 Å².